The molecule has 3 aliphatic heterocycles. The number of ether oxygens (including phenoxy) is 1. The van der Waals surface area contributed by atoms with E-state index in [-0.39, 0.29) is 12.0 Å². The van der Waals surface area contributed by atoms with Gasteiger partial charge >= 0.3 is 6.09 Å². The first-order chi connectivity index (χ1) is 10.1. The van der Waals surface area contributed by atoms with Crippen LogP contribution in [-0.4, -0.2) is 46.6 Å². The minimum Gasteiger partial charge on any atom is -0.493 e. The van der Waals surface area contributed by atoms with E-state index in [0.717, 1.165) is 18.6 Å². The van der Waals surface area contributed by atoms with Crippen LogP contribution in [0, 0.1) is 5.92 Å². The van der Waals surface area contributed by atoms with Crippen LogP contribution in [-0.2, 0) is 9.57 Å². The number of nitrogens with zero attached hydrogens (tertiary/aromatic N) is 2. The second-order valence-electron chi connectivity index (χ2n) is 5.80. The zero-order valence-electron chi connectivity index (χ0n) is 12.1. The van der Waals surface area contributed by atoms with Gasteiger partial charge in [-0.3, -0.25) is 0 Å². The summed E-state index contributed by atoms with van der Waals surface area (Å²) < 4.78 is 5.72. The zero-order valence-corrected chi connectivity index (χ0v) is 12.1. The van der Waals surface area contributed by atoms with E-state index in [1.54, 1.807) is 6.26 Å². The second kappa shape index (κ2) is 5.42. The Hall–Kier alpha value is -1.98. The third kappa shape index (κ3) is 2.50. The van der Waals surface area contributed by atoms with E-state index in [2.05, 4.69) is 5.16 Å². The van der Waals surface area contributed by atoms with Crippen molar-refractivity contribution in [3.05, 3.63) is 24.5 Å². The molecule has 1 spiro atoms. The fourth-order valence-corrected chi connectivity index (χ4v) is 3.51. The van der Waals surface area contributed by atoms with Gasteiger partial charge in [-0.25, -0.2) is 4.79 Å². The molecule has 6 nitrogen and oxygen atoms in total. The molecule has 3 unspecified atom stereocenters. The lowest BCUT2D eigenvalue weighted by Gasteiger charge is -2.35. The van der Waals surface area contributed by atoms with Crippen LogP contribution in [0.4, 0.5) is 4.79 Å². The largest absolute Gasteiger partial charge is 0.493 e. The highest BCUT2D eigenvalue weighted by molar-refractivity contribution is 5.87. The van der Waals surface area contributed by atoms with Crippen molar-refractivity contribution in [1.82, 2.24) is 4.90 Å². The molecule has 114 valence electrons. The predicted octanol–water partition coefficient (Wildman–Crippen LogP) is 2.38. The summed E-state index contributed by atoms with van der Waals surface area (Å²) >= 11 is 0. The van der Waals surface area contributed by atoms with Gasteiger partial charge in [0.05, 0.1) is 17.9 Å². The fraction of sp³-hybridized carbons (Fsp3) is 0.600. The Morgan fingerprint density at radius 3 is 3.00 bits per heavy atom. The molecule has 3 atom stereocenters. The molecule has 0 aromatic heterocycles. The third-order valence-electron chi connectivity index (χ3n) is 4.55. The number of rotatable bonds is 1. The molecule has 3 rings (SSSR count). The Labute approximate surface area is 123 Å². The zero-order chi connectivity index (χ0) is 14.9. The summed E-state index contributed by atoms with van der Waals surface area (Å²) in [5.41, 5.74) is 0.470. The van der Waals surface area contributed by atoms with Gasteiger partial charge in [0, 0.05) is 19.5 Å². The van der Waals surface area contributed by atoms with Crippen molar-refractivity contribution < 1.29 is 19.5 Å². The Kier molecular flexibility index (Phi) is 3.61. The second-order valence-corrected chi connectivity index (χ2v) is 5.80. The van der Waals surface area contributed by atoms with Crippen LogP contribution >= 0.6 is 0 Å². The minimum absolute atomic E-state index is 0.0347. The highest BCUT2D eigenvalue weighted by atomic mass is 16.7. The topological polar surface area (TPSA) is 71.4 Å². The fourth-order valence-electron chi connectivity index (χ4n) is 3.51. The molecule has 1 saturated heterocycles. The summed E-state index contributed by atoms with van der Waals surface area (Å²) in [6.07, 6.45) is 8.76. The molecular formula is C15H20N2O4. The van der Waals surface area contributed by atoms with Crippen molar-refractivity contribution in [1.29, 1.82) is 0 Å². The molecule has 21 heavy (non-hydrogen) atoms. The summed E-state index contributed by atoms with van der Waals surface area (Å²) in [6, 6.07) is 0. The van der Waals surface area contributed by atoms with Crippen LogP contribution in [0.25, 0.3) is 0 Å². The molecule has 0 bridgehead atoms. The normalized spacial score (nSPS) is 35.1. The molecule has 0 saturated carbocycles. The molecule has 0 aliphatic carbocycles. The molecule has 0 aromatic carbocycles. The van der Waals surface area contributed by atoms with E-state index >= 15 is 0 Å². The number of likely N-dealkylation sites (tertiary alicyclic amines) is 1. The van der Waals surface area contributed by atoms with Crippen LogP contribution in [0.2, 0.25) is 0 Å². The molecule has 1 fully saturated rings. The lowest BCUT2D eigenvalue weighted by molar-refractivity contribution is -0.0766. The number of oxime groups is 1. The van der Waals surface area contributed by atoms with Crippen LogP contribution in [0.5, 0.6) is 0 Å². The molecule has 0 radical (unpaired) electrons. The van der Waals surface area contributed by atoms with Crippen molar-refractivity contribution in [3.8, 4) is 0 Å². The van der Waals surface area contributed by atoms with E-state index in [9.17, 15) is 9.90 Å². The first kappa shape index (κ1) is 14.0. The van der Waals surface area contributed by atoms with Crippen LogP contribution in [0.3, 0.4) is 0 Å². The smallest absolute Gasteiger partial charge is 0.407 e. The van der Waals surface area contributed by atoms with Gasteiger partial charge in [-0.2, -0.15) is 0 Å². The number of carbonyl (C=O) groups is 1. The van der Waals surface area contributed by atoms with Gasteiger partial charge < -0.3 is 19.6 Å². The SMILES string of the molecule is CC1=NOC2(CCCN(C(=O)O)CC2)C1C1C=CC=CO1. The summed E-state index contributed by atoms with van der Waals surface area (Å²) in [5, 5.41) is 13.4. The monoisotopic (exact) mass is 292 g/mol. The van der Waals surface area contributed by atoms with E-state index < -0.39 is 11.7 Å². The number of hydrogen-bond acceptors (Lipinski definition) is 4. The number of allylic oxidation sites excluding steroid dienone is 2. The molecule has 6 heteroatoms. The van der Waals surface area contributed by atoms with Crippen molar-refractivity contribution in [3.63, 3.8) is 0 Å². The highest BCUT2D eigenvalue weighted by Crippen LogP contribution is 2.42. The highest BCUT2D eigenvalue weighted by Gasteiger charge is 2.52. The Morgan fingerprint density at radius 1 is 1.43 bits per heavy atom. The lowest BCUT2D eigenvalue weighted by atomic mass is 9.76. The maximum Gasteiger partial charge on any atom is 0.407 e. The van der Waals surface area contributed by atoms with Gasteiger partial charge in [0.2, 0.25) is 0 Å². The molecule has 1 N–H and O–H groups in total. The van der Waals surface area contributed by atoms with Gasteiger partial charge in [0.25, 0.3) is 0 Å². The van der Waals surface area contributed by atoms with Gasteiger partial charge in [0.15, 0.2) is 5.60 Å². The van der Waals surface area contributed by atoms with E-state index in [4.69, 9.17) is 9.57 Å². The summed E-state index contributed by atoms with van der Waals surface area (Å²) in [7, 11) is 0. The maximum atomic E-state index is 11.2. The first-order valence-electron chi connectivity index (χ1n) is 7.32. The first-order valence-corrected chi connectivity index (χ1v) is 7.32. The Bertz CT molecular complexity index is 514. The molecular weight excluding hydrogens is 272 g/mol. The van der Waals surface area contributed by atoms with Crippen LogP contribution in [0.1, 0.15) is 26.2 Å². The number of hydrogen-bond donors (Lipinski definition) is 1. The van der Waals surface area contributed by atoms with E-state index in [0.29, 0.717) is 19.5 Å². The molecule has 0 aromatic rings. The van der Waals surface area contributed by atoms with Gasteiger partial charge in [0.1, 0.15) is 6.10 Å². The Morgan fingerprint density at radius 2 is 2.29 bits per heavy atom. The average molecular weight is 292 g/mol. The Balaban J connectivity index is 1.81. The predicted molar refractivity (Wildman–Crippen MR) is 77.0 cm³/mol. The van der Waals surface area contributed by atoms with Crippen LogP contribution in [0.15, 0.2) is 29.6 Å². The minimum atomic E-state index is -0.865. The van der Waals surface area contributed by atoms with Crippen molar-refractivity contribution in [2.75, 3.05) is 13.1 Å². The van der Waals surface area contributed by atoms with Crippen molar-refractivity contribution in [2.45, 2.75) is 37.9 Å². The molecule has 1 amide bonds. The third-order valence-corrected chi connectivity index (χ3v) is 4.55. The van der Waals surface area contributed by atoms with Crippen molar-refractivity contribution in [2.24, 2.45) is 11.1 Å². The standard InChI is InChI=1S/C15H20N2O4/c1-11-13(12-5-2-3-10-20-12)15(21-16-11)6-4-8-17(9-7-15)14(18)19/h2-3,5,10,12-13H,4,6-9H2,1H3,(H,18,19). The summed E-state index contributed by atoms with van der Waals surface area (Å²) in [6.45, 7) is 2.98. The summed E-state index contributed by atoms with van der Waals surface area (Å²) in [5.74, 6) is 0.0347. The van der Waals surface area contributed by atoms with E-state index in [1.165, 1.54) is 4.90 Å². The van der Waals surface area contributed by atoms with Gasteiger partial charge in [-0.15, -0.1) is 0 Å². The molecule has 3 aliphatic rings. The average Bonchev–Trinajstić information content (AvgIpc) is 2.67. The quantitative estimate of drug-likeness (QED) is 0.805. The molecule has 3 heterocycles. The van der Waals surface area contributed by atoms with Gasteiger partial charge in [-0.05, 0) is 31.9 Å². The number of amides is 1. The van der Waals surface area contributed by atoms with E-state index in [1.807, 2.05) is 25.2 Å². The summed E-state index contributed by atoms with van der Waals surface area (Å²) in [4.78, 5) is 18.4. The van der Waals surface area contributed by atoms with Crippen LogP contribution < -0.4 is 0 Å². The maximum absolute atomic E-state index is 11.2. The lowest BCUT2D eigenvalue weighted by Crippen LogP contribution is -2.46. The van der Waals surface area contributed by atoms with Crippen molar-refractivity contribution >= 4 is 11.8 Å². The van der Waals surface area contributed by atoms with Gasteiger partial charge in [-0.1, -0.05) is 11.2 Å². The number of carboxylic acid groups (broad SMARTS) is 1.